The molecule has 15 heavy (non-hydrogen) atoms. The second kappa shape index (κ2) is 4.31. The first kappa shape index (κ1) is 10.6. The molecule has 0 radical (unpaired) electrons. The number of thiazole rings is 1. The fraction of sp³-hybridized carbons (Fsp3) is 0.182. The van der Waals surface area contributed by atoms with E-state index >= 15 is 0 Å². The number of aryl methyl sites for hydroxylation is 1. The molecule has 0 aliphatic carbocycles. The molecule has 0 saturated carbocycles. The lowest BCUT2D eigenvalue weighted by Crippen LogP contribution is -2.11. The molecule has 78 valence electrons. The van der Waals surface area contributed by atoms with E-state index in [2.05, 4.69) is 4.98 Å². The van der Waals surface area contributed by atoms with Crippen LogP contribution < -0.4 is 5.73 Å². The third kappa shape index (κ3) is 2.20. The first-order valence-corrected chi connectivity index (χ1v) is 5.85. The summed E-state index contributed by atoms with van der Waals surface area (Å²) in [5, 5.41) is 3.58. The molecular formula is C11H11ClN2S. The quantitative estimate of drug-likeness (QED) is 0.873. The maximum Gasteiger partial charge on any atom is 0.114 e. The predicted molar refractivity (Wildman–Crippen MR) is 64.3 cm³/mol. The molecule has 1 atom stereocenters. The number of nitrogens with zero attached hydrogens (tertiary/aromatic N) is 1. The Morgan fingerprint density at radius 3 is 2.87 bits per heavy atom. The Kier molecular flexibility index (Phi) is 3.05. The molecule has 0 aliphatic heterocycles. The fourth-order valence-corrected chi connectivity index (χ4v) is 2.19. The summed E-state index contributed by atoms with van der Waals surface area (Å²) in [7, 11) is 0. The standard InChI is InChI=1S/C11H11ClN2S/c1-7-2-3-8(6-9(7)12)10(13)11-14-4-5-15-11/h2-6,10H,13H2,1H3. The van der Waals surface area contributed by atoms with Crippen molar-refractivity contribution in [3.8, 4) is 0 Å². The van der Waals surface area contributed by atoms with Gasteiger partial charge in [0.05, 0.1) is 6.04 Å². The zero-order valence-corrected chi connectivity index (χ0v) is 9.85. The summed E-state index contributed by atoms with van der Waals surface area (Å²) >= 11 is 7.60. The summed E-state index contributed by atoms with van der Waals surface area (Å²) < 4.78 is 0. The summed E-state index contributed by atoms with van der Waals surface area (Å²) in [6.07, 6.45) is 1.76. The third-order valence-electron chi connectivity index (χ3n) is 2.27. The van der Waals surface area contributed by atoms with Crippen LogP contribution in [0.4, 0.5) is 0 Å². The first-order chi connectivity index (χ1) is 7.18. The number of aromatic nitrogens is 1. The monoisotopic (exact) mass is 238 g/mol. The predicted octanol–water partition coefficient (Wildman–Crippen LogP) is 3.15. The highest BCUT2D eigenvalue weighted by molar-refractivity contribution is 7.09. The molecule has 0 amide bonds. The Bertz CT molecular complexity index is 454. The van der Waals surface area contributed by atoms with Crippen molar-refractivity contribution in [1.29, 1.82) is 0 Å². The highest BCUT2D eigenvalue weighted by Gasteiger charge is 2.11. The topological polar surface area (TPSA) is 38.9 Å². The minimum atomic E-state index is -0.178. The SMILES string of the molecule is Cc1ccc(C(N)c2nccs2)cc1Cl. The smallest absolute Gasteiger partial charge is 0.114 e. The van der Waals surface area contributed by atoms with Crippen molar-refractivity contribution in [2.75, 3.05) is 0 Å². The van der Waals surface area contributed by atoms with Gasteiger partial charge < -0.3 is 5.73 Å². The lowest BCUT2D eigenvalue weighted by atomic mass is 10.1. The van der Waals surface area contributed by atoms with Crippen LogP contribution >= 0.6 is 22.9 Å². The molecule has 2 nitrogen and oxygen atoms in total. The largest absolute Gasteiger partial charge is 0.318 e. The van der Waals surface area contributed by atoms with Crippen molar-refractivity contribution in [3.63, 3.8) is 0 Å². The molecule has 2 aromatic rings. The van der Waals surface area contributed by atoms with Crippen LogP contribution in [0.1, 0.15) is 22.2 Å². The number of hydrogen-bond donors (Lipinski definition) is 1. The fourth-order valence-electron chi connectivity index (χ4n) is 1.33. The van der Waals surface area contributed by atoms with Crippen LogP contribution in [0.3, 0.4) is 0 Å². The average Bonchev–Trinajstić information content (AvgIpc) is 2.74. The Hall–Kier alpha value is -0.900. The van der Waals surface area contributed by atoms with E-state index < -0.39 is 0 Å². The molecule has 0 aliphatic rings. The van der Waals surface area contributed by atoms with Crippen molar-refractivity contribution in [3.05, 3.63) is 50.9 Å². The van der Waals surface area contributed by atoms with Gasteiger partial charge in [0.2, 0.25) is 0 Å². The van der Waals surface area contributed by atoms with E-state index in [9.17, 15) is 0 Å². The zero-order chi connectivity index (χ0) is 10.8. The summed E-state index contributed by atoms with van der Waals surface area (Å²) in [4.78, 5) is 4.20. The number of nitrogens with two attached hydrogens (primary N) is 1. The van der Waals surface area contributed by atoms with Crippen LogP contribution in [0, 0.1) is 6.92 Å². The number of hydrogen-bond acceptors (Lipinski definition) is 3. The van der Waals surface area contributed by atoms with Gasteiger partial charge in [0.15, 0.2) is 0 Å². The van der Waals surface area contributed by atoms with Crippen molar-refractivity contribution in [2.24, 2.45) is 5.73 Å². The van der Waals surface area contributed by atoms with Crippen LogP contribution in [0.5, 0.6) is 0 Å². The molecule has 0 saturated heterocycles. The second-order valence-corrected chi connectivity index (χ2v) is 4.69. The second-order valence-electron chi connectivity index (χ2n) is 3.36. The summed E-state index contributed by atoms with van der Waals surface area (Å²) in [6, 6.07) is 5.70. The van der Waals surface area contributed by atoms with Gasteiger partial charge in [-0.05, 0) is 24.1 Å². The van der Waals surface area contributed by atoms with Gasteiger partial charge in [-0.2, -0.15) is 0 Å². The molecule has 2 rings (SSSR count). The molecule has 4 heteroatoms. The molecular weight excluding hydrogens is 228 g/mol. The van der Waals surface area contributed by atoms with Gasteiger partial charge in [0.25, 0.3) is 0 Å². The summed E-state index contributed by atoms with van der Waals surface area (Å²) in [5.41, 5.74) is 8.13. The number of rotatable bonds is 2. The number of benzene rings is 1. The van der Waals surface area contributed by atoms with Crippen LogP contribution in [0.25, 0.3) is 0 Å². The van der Waals surface area contributed by atoms with E-state index in [1.54, 1.807) is 17.5 Å². The van der Waals surface area contributed by atoms with E-state index in [-0.39, 0.29) is 6.04 Å². The molecule has 1 heterocycles. The molecule has 1 unspecified atom stereocenters. The van der Waals surface area contributed by atoms with Crippen molar-refractivity contribution < 1.29 is 0 Å². The normalized spacial score (nSPS) is 12.7. The van der Waals surface area contributed by atoms with Crippen molar-refractivity contribution >= 4 is 22.9 Å². The van der Waals surface area contributed by atoms with Crippen molar-refractivity contribution in [1.82, 2.24) is 4.98 Å². The van der Waals surface area contributed by atoms with E-state index in [1.807, 2.05) is 30.5 Å². The van der Waals surface area contributed by atoms with Gasteiger partial charge in [-0.25, -0.2) is 4.98 Å². The van der Waals surface area contributed by atoms with E-state index in [4.69, 9.17) is 17.3 Å². The Balaban J connectivity index is 2.34. The van der Waals surface area contributed by atoms with Gasteiger partial charge in [-0.3, -0.25) is 0 Å². The zero-order valence-electron chi connectivity index (χ0n) is 8.27. The lowest BCUT2D eigenvalue weighted by molar-refractivity contribution is 0.857. The molecule has 0 bridgehead atoms. The Morgan fingerprint density at radius 1 is 1.47 bits per heavy atom. The summed E-state index contributed by atoms with van der Waals surface area (Å²) in [5.74, 6) is 0. The van der Waals surface area contributed by atoms with Gasteiger partial charge in [0.1, 0.15) is 5.01 Å². The molecule has 1 aromatic carbocycles. The molecule has 1 aromatic heterocycles. The van der Waals surface area contributed by atoms with E-state index in [1.165, 1.54) is 0 Å². The Labute approximate surface area is 97.7 Å². The van der Waals surface area contributed by atoms with Gasteiger partial charge in [-0.15, -0.1) is 11.3 Å². The third-order valence-corrected chi connectivity index (χ3v) is 3.54. The van der Waals surface area contributed by atoms with Gasteiger partial charge >= 0.3 is 0 Å². The van der Waals surface area contributed by atoms with Gasteiger partial charge in [-0.1, -0.05) is 23.7 Å². The van der Waals surface area contributed by atoms with Crippen LogP contribution in [-0.2, 0) is 0 Å². The minimum Gasteiger partial charge on any atom is -0.318 e. The maximum absolute atomic E-state index is 6.07. The van der Waals surface area contributed by atoms with Crippen LogP contribution in [0.15, 0.2) is 29.8 Å². The lowest BCUT2D eigenvalue weighted by Gasteiger charge is -2.10. The van der Waals surface area contributed by atoms with E-state index in [0.29, 0.717) is 0 Å². The minimum absolute atomic E-state index is 0.178. The Morgan fingerprint density at radius 2 is 2.27 bits per heavy atom. The highest BCUT2D eigenvalue weighted by atomic mass is 35.5. The van der Waals surface area contributed by atoms with Crippen LogP contribution in [0.2, 0.25) is 5.02 Å². The van der Waals surface area contributed by atoms with Crippen LogP contribution in [-0.4, -0.2) is 4.98 Å². The molecule has 2 N–H and O–H groups in total. The number of halogens is 1. The van der Waals surface area contributed by atoms with Crippen molar-refractivity contribution in [2.45, 2.75) is 13.0 Å². The average molecular weight is 239 g/mol. The molecule has 0 fully saturated rings. The van der Waals surface area contributed by atoms with Gasteiger partial charge in [0, 0.05) is 16.6 Å². The maximum atomic E-state index is 6.07. The first-order valence-electron chi connectivity index (χ1n) is 4.59. The van der Waals surface area contributed by atoms with E-state index in [0.717, 1.165) is 21.2 Å². The highest BCUT2D eigenvalue weighted by Crippen LogP contribution is 2.25. The molecule has 0 spiro atoms. The summed E-state index contributed by atoms with van der Waals surface area (Å²) in [6.45, 7) is 1.97.